The Morgan fingerprint density at radius 3 is 2.48 bits per heavy atom. The molecule has 1 N–H and O–H groups in total. The van der Waals surface area contributed by atoms with Crippen LogP contribution in [0.3, 0.4) is 0 Å². The predicted molar refractivity (Wildman–Crippen MR) is 103 cm³/mol. The molecule has 3 atom stereocenters. The van der Waals surface area contributed by atoms with Gasteiger partial charge in [0.15, 0.2) is 5.82 Å². The van der Waals surface area contributed by atoms with Crippen LogP contribution in [0.5, 0.6) is 11.8 Å². The van der Waals surface area contributed by atoms with Crippen LogP contribution in [0.1, 0.15) is 49.7 Å². The van der Waals surface area contributed by atoms with Gasteiger partial charge in [-0.25, -0.2) is 4.68 Å². The second kappa shape index (κ2) is 7.63. The molecule has 1 aromatic carbocycles. The topological polar surface area (TPSA) is 52.0 Å². The summed E-state index contributed by atoms with van der Waals surface area (Å²) in [4.78, 5) is 4.57. The molecule has 0 spiro atoms. The van der Waals surface area contributed by atoms with Crippen LogP contribution in [-0.2, 0) is 12.6 Å². The van der Waals surface area contributed by atoms with Gasteiger partial charge in [0.05, 0.1) is 11.6 Å². The largest absolute Gasteiger partial charge is 0.424 e. The summed E-state index contributed by atoms with van der Waals surface area (Å²) in [5, 5.41) is 8.12. The van der Waals surface area contributed by atoms with Crippen molar-refractivity contribution in [2.45, 2.75) is 52.3 Å². The summed E-state index contributed by atoms with van der Waals surface area (Å²) >= 11 is 0. The van der Waals surface area contributed by atoms with Gasteiger partial charge < -0.3 is 10.1 Å². The van der Waals surface area contributed by atoms with Gasteiger partial charge in [0.2, 0.25) is 0 Å². The van der Waals surface area contributed by atoms with Crippen LogP contribution in [0, 0.1) is 24.7 Å². The molecule has 29 heavy (non-hydrogen) atoms. The number of fused-ring (bicyclic) bond motifs is 2. The van der Waals surface area contributed by atoms with Crippen LogP contribution >= 0.6 is 0 Å². The van der Waals surface area contributed by atoms with Crippen molar-refractivity contribution in [1.82, 2.24) is 20.1 Å². The Kier molecular flexibility index (Phi) is 5.31. The molecule has 1 saturated carbocycles. The number of nitrogens with one attached hydrogen (secondary N) is 1. The van der Waals surface area contributed by atoms with Gasteiger partial charge in [-0.3, -0.25) is 0 Å². The third kappa shape index (κ3) is 4.27. The average molecular weight is 408 g/mol. The van der Waals surface area contributed by atoms with Crippen molar-refractivity contribution in [2.75, 3.05) is 13.1 Å². The smallest absolute Gasteiger partial charge is 0.416 e. The van der Waals surface area contributed by atoms with E-state index in [1.807, 2.05) is 13.8 Å². The standard InChI is InChI=1S/C21H27F3N4O/c1-12(2)28-20(29-17-7-13(3)6-16(8-17)21(22,23)24)26-19(27-28)9-18-14-4-5-15(18)11-25-10-14/h6-8,12,14-15,18,25H,4-5,9-11H2,1-3H3/t14-,15+,18?. The van der Waals surface area contributed by atoms with Gasteiger partial charge in [0.25, 0.3) is 0 Å². The zero-order valence-corrected chi connectivity index (χ0v) is 17.0. The molecule has 5 nitrogen and oxygen atoms in total. The molecule has 1 aliphatic carbocycles. The lowest BCUT2D eigenvalue weighted by atomic mass is 9.83. The number of benzene rings is 1. The van der Waals surface area contributed by atoms with Crippen LogP contribution in [0.4, 0.5) is 13.2 Å². The molecule has 8 heteroatoms. The second-order valence-corrected chi connectivity index (χ2v) is 8.61. The number of hydrogen-bond donors (Lipinski definition) is 1. The number of aryl methyl sites for hydroxylation is 1. The second-order valence-electron chi connectivity index (χ2n) is 8.61. The number of aromatic nitrogens is 3. The fourth-order valence-corrected chi connectivity index (χ4v) is 4.67. The van der Waals surface area contributed by atoms with E-state index in [-0.39, 0.29) is 17.8 Å². The van der Waals surface area contributed by atoms with Crippen LogP contribution in [0.2, 0.25) is 0 Å². The van der Waals surface area contributed by atoms with Gasteiger partial charge in [-0.05, 0) is 88.2 Å². The van der Waals surface area contributed by atoms with Crippen LogP contribution in [0.15, 0.2) is 18.2 Å². The Balaban J connectivity index is 1.59. The third-order valence-corrected chi connectivity index (χ3v) is 6.07. The van der Waals surface area contributed by atoms with Gasteiger partial charge in [0.1, 0.15) is 5.75 Å². The van der Waals surface area contributed by atoms with E-state index in [0.717, 1.165) is 31.6 Å². The summed E-state index contributed by atoms with van der Waals surface area (Å²) in [6.45, 7) is 7.61. The van der Waals surface area contributed by atoms with Gasteiger partial charge in [0, 0.05) is 6.42 Å². The molecule has 1 saturated heterocycles. The molecule has 2 fully saturated rings. The van der Waals surface area contributed by atoms with Crippen molar-refractivity contribution in [1.29, 1.82) is 0 Å². The van der Waals surface area contributed by atoms with Gasteiger partial charge in [-0.15, -0.1) is 0 Å². The molecule has 2 aromatic rings. The van der Waals surface area contributed by atoms with Crippen LogP contribution in [-0.4, -0.2) is 27.9 Å². The van der Waals surface area contributed by atoms with E-state index in [2.05, 4.69) is 15.4 Å². The third-order valence-electron chi connectivity index (χ3n) is 6.07. The summed E-state index contributed by atoms with van der Waals surface area (Å²) < 4.78 is 46.9. The molecule has 2 heterocycles. The maximum atomic E-state index is 13.1. The summed E-state index contributed by atoms with van der Waals surface area (Å²) in [6.07, 6.45) is -1.16. The van der Waals surface area contributed by atoms with Crippen molar-refractivity contribution in [3.05, 3.63) is 35.2 Å². The van der Waals surface area contributed by atoms with Gasteiger partial charge in [-0.2, -0.15) is 23.3 Å². The summed E-state index contributed by atoms with van der Waals surface area (Å²) in [5.41, 5.74) is -0.244. The molecule has 158 valence electrons. The number of nitrogens with zero attached hydrogens (tertiary/aromatic N) is 3. The van der Waals surface area contributed by atoms with Gasteiger partial charge in [-0.1, -0.05) is 0 Å². The Labute approximate surface area is 168 Å². The first-order valence-electron chi connectivity index (χ1n) is 10.2. The molecule has 1 aromatic heterocycles. The lowest BCUT2D eigenvalue weighted by Gasteiger charge is -2.29. The Hall–Kier alpha value is -2.09. The van der Waals surface area contributed by atoms with E-state index >= 15 is 0 Å². The molecular formula is C21H27F3N4O. The van der Waals surface area contributed by atoms with Crippen molar-refractivity contribution in [3.63, 3.8) is 0 Å². The monoisotopic (exact) mass is 408 g/mol. The van der Waals surface area contributed by atoms with E-state index in [1.54, 1.807) is 17.7 Å². The molecule has 2 aliphatic rings. The highest BCUT2D eigenvalue weighted by Gasteiger charge is 2.39. The van der Waals surface area contributed by atoms with Crippen LogP contribution in [0.25, 0.3) is 0 Å². The lowest BCUT2D eigenvalue weighted by Crippen LogP contribution is -2.39. The minimum Gasteiger partial charge on any atom is -0.424 e. The highest BCUT2D eigenvalue weighted by Crippen LogP contribution is 2.41. The highest BCUT2D eigenvalue weighted by atomic mass is 19.4. The Morgan fingerprint density at radius 1 is 1.17 bits per heavy atom. The summed E-state index contributed by atoms with van der Waals surface area (Å²) in [7, 11) is 0. The van der Waals surface area contributed by atoms with E-state index < -0.39 is 11.7 Å². The van der Waals surface area contributed by atoms with Crippen molar-refractivity contribution in [3.8, 4) is 11.8 Å². The Morgan fingerprint density at radius 2 is 1.86 bits per heavy atom. The van der Waals surface area contributed by atoms with Crippen LogP contribution < -0.4 is 10.1 Å². The number of alkyl halides is 3. The fraction of sp³-hybridized carbons (Fsp3) is 0.619. The average Bonchev–Trinajstić information content (AvgIpc) is 3.10. The lowest BCUT2D eigenvalue weighted by molar-refractivity contribution is -0.137. The number of rotatable bonds is 5. The van der Waals surface area contributed by atoms with E-state index in [0.29, 0.717) is 29.1 Å². The summed E-state index contributed by atoms with van der Waals surface area (Å²) in [6, 6.07) is 3.94. The van der Waals surface area contributed by atoms with E-state index in [9.17, 15) is 13.2 Å². The quantitative estimate of drug-likeness (QED) is 0.775. The molecule has 1 unspecified atom stereocenters. The van der Waals surface area contributed by atoms with Crippen molar-refractivity contribution in [2.24, 2.45) is 17.8 Å². The maximum absolute atomic E-state index is 13.1. The van der Waals surface area contributed by atoms with Crippen molar-refractivity contribution >= 4 is 0 Å². The number of ether oxygens (including phenoxy) is 1. The minimum absolute atomic E-state index is 0.0112. The molecule has 4 rings (SSSR count). The summed E-state index contributed by atoms with van der Waals surface area (Å²) in [5.74, 6) is 2.69. The normalized spacial score (nSPS) is 24.3. The molecular weight excluding hydrogens is 381 g/mol. The first-order chi connectivity index (χ1) is 13.7. The maximum Gasteiger partial charge on any atom is 0.416 e. The highest BCUT2D eigenvalue weighted by molar-refractivity contribution is 5.36. The molecule has 2 bridgehead atoms. The minimum atomic E-state index is -4.42. The predicted octanol–water partition coefficient (Wildman–Crippen LogP) is 4.77. The van der Waals surface area contributed by atoms with Crippen molar-refractivity contribution < 1.29 is 17.9 Å². The first kappa shape index (κ1) is 20.2. The van der Waals surface area contributed by atoms with E-state index in [4.69, 9.17) is 4.74 Å². The number of hydrogen-bond acceptors (Lipinski definition) is 4. The number of piperidine rings is 1. The Bertz CT molecular complexity index is 861. The van der Waals surface area contributed by atoms with E-state index in [1.165, 1.54) is 12.8 Å². The van der Waals surface area contributed by atoms with Gasteiger partial charge >= 0.3 is 12.2 Å². The molecule has 1 aliphatic heterocycles. The zero-order valence-electron chi connectivity index (χ0n) is 17.0. The first-order valence-corrected chi connectivity index (χ1v) is 10.2. The SMILES string of the molecule is Cc1cc(Oc2nc(CC3[C@@H]4CC[C@H]3CNC4)nn2C(C)C)cc(C(F)(F)F)c1. The fourth-order valence-electron chi connectivity index (χ4n) is 4.67. The number of halogens is 3. The molecule has 0 radical (unpaired) electrons. The zero-order chi connectivity index (χ0) is 20.8. The molecule has 0 amide bonds.